The van der Waals surface area contributed by atoms with Crippen LogP contribution in [0.4, 0.5) is 5.95 Å². The zero-order valence-electron chi connectivity index (χ0n) is 15.7. The number of hydrogen-bond donors (Lipinski definition) is 2. The highest BCUT2D eigenvalue weighted by Crippen LogP contribution is 2.32. The van der Waals surface area contributed by atoms with E-state index < -0.39 is 5.97 Å². The van der Waals surface area contributed by atoms with Gasteiger partial charge in [0.2, 0.25) is 5.95 Å². The van der Waals surface area contributed by atoms with Crippen LogP contribution in [-0.2, 0) is 0 Å². The first-order valence-electron chi connectivity index (χ1n) is 9.34. The molecule has 3 aromatic rings. The largest absolute Gasteiger partial charge is 0.478 e. The molecule has 0 spiro atoms. The quantitative estimate of drug-likeness (QED) is 0.711. The average molecular weight is 388 g/mol. The van der Waals surface area contributed by atoms with Crippen molar-refractivity contribution in [1.29, 1.82) is 0 Å². The van der Waals surface area contributed by atoms with Gasteiger partial charge in [-0.15, -0.1) is 0 Å². The Morgan fingerprint density at radius 1 is 1.03 bits per heavy atom. The number of nitrogens with two attached hydrogens (primary N) is 1. The van der Waals surface area contributed by atoms with E-state index in [1.807, 2.05) is 42.5 Å². The lowest BCUT2D eigenvalue weighted by molar-refractivity contribution is 0.0695. The first-order chi connectivity index (χ1) is 14.0. The molecule has 0 saturated carbocycles. The van der Waals surface area contributed by atoms with Crippen molar-refractivity contribution in [3.05, 3.63) is 77.5 Å². The van der Waals surface area contributed by atoms with Gasteiger partial charge in [0, 0.05) is 30.8 Å². The van der Waals surface area contributed by atoms with Crippen LogP contribution in [0.15, 0.2) is 60.8 Å². The minimum absolute atomic E-state index is 0.0267. The van der Waals surface area contributed by atoms with Gasteiger partial charge in [0.05, 0.1) is 16.8 Å². The molecular weight excluding hydrogens is 368 g/mol. The number of rotatable bonds is 4. The normalized spacial score (nSPS) is 16.0. The highest BCUT2D eigenvalue weighted by molar-refractivity contribution is 6.00. The maximum atomic E-state index is 13.2. The molecule has 1 saturated heterocycles. The number of hydrogen-bond acceptors (Lipinski definition) is 5. The van der Waals surface area contributed by atoms with E-state index in [1.165, 1.54) is 6.20 Å². The topological polar surface area (TPSA) is 109 Å². The molecule has 1 aliphatic heterocycles. The van der Waals surface area contributed by atoms with Crippen LogP contribution in [0.5, 0.6) is 0 Å². The summed E-state index contributed by atoms with van der Waals surface area (Å²) in [5, 5.41) is 9.46. The lowest BCUT2D eigenvalue weighted by Gasteiger charge is -2.19. The number of carboxylic acid groups (broad SMARTS) is 1. The number of carboxylic acids is 1. The first kappa shape index (κ1) is 18.6. The second kappa shape index (κ2) is 7.71. The molecule has 1 aliphatic rings. The van der Waals surface area contributed by atoms with Crippen LogP contribution < -0.4 is 5.73 Å². The number of likely N-dealkylation sites (tertiary alicyclic amines) is 1. The van der Waals surface area contributed by atoms with E-state index in [1.54, 1.807) is 17.0 Å². The van der Waals surface area contributed by atoms with E-state index in [-0.39, 0.29) is 23.3 Å². The molecule has 0 radical (unpaired) electrons. The van der Waals surface area contributed by atoms with Crippen molar-refractivity contribution in [2.45, 2.75) is 12.3 Å². The van der Waals surface area contributed by atoms with E-state index in [4.69, 9.17) is 5.73 Å². The Bertz CT molecular complexity index is 1070. The second-order valence-electron chi connectivity index (χ2n) is 6.99. The van der Waals surface area contributed by atoms with Crippen LogP contribution in [0.2, 0.25) is 0 Å². The summed E-state index contributed by atoms with van der Waals surface area (Å²) < 4.78 is 0. The number of carbonyl (C=O) groups is 2. The molecule has 7 nitrogen and oxygen atoms in total. The molecule has 29 heavy (non-hydrogen) atoms. The molecule has 7 heteroatoms. The van der Waals surface area contributed by atoms with Crippen LogP contribution in [0, 0.1) is 0 Å². The number of amides is 1. The lowest BCUT2D eigenvalue weighted by Crippen LogP contribution is -2.29. The summed E-state index contributed by atoms with van der Waals surface area (Å²) in [6, 6.07) is 16.3. The number of nitrogens with zero attached hydrogens (tertiary/aromatic N) is 3. The fraction of sp³-hybridized carbons (Fsp3) is 0.182. The summed E-state index contributed by atoms with van der Waals surface area (Å²) in [5.74, 6) is -1.06. The van der Waals surface area contributed by atoms with Crippen molar-refractivity contribution in [2.75, 3.05) is 18.8 Å². The van der Waals surface area contributed by atoms with Crippen LogP contribution in [0.1, 0.15) is 38.6 Å². The SMILES string of the molecule is Nc1ncc(C(=O)N2CC[C@H](c3ccccc3C(=O)O)C2)c(-c2ccccc2)n1. The number of carbonyl (C=O) groups excluding carboxylic acids is 1. The minimum atomic E-state index is -0.955. The van der Waals surface area contributed by atoms with Gasteiger partial charge in [-0.25, -0.2) is 14.8 Å². The molecule has 1 atom stereocenters. The monoisotopic (exact) mass is 388 g/mol. The highest BCUT2D eigenvalue weighted by atomic mass is 16.4. The predicted molar refractivity (Wildman–Crippen MR) is 109 cm³/mol. The highest BCUT2D eigenvalue weighted by Gasteiger charge is 2.31. The molecule has 0 unspecified atom stereocenters. The van der Waals surface area contributed by atoms with Gasteiger partial charge in [-0.3, -0.25) is 4.79 Å². The van der Waals surface area contributed by atoms with Gasteiger partial charge in [0.25, 0.3) is 5.91 Å². The third-order valence-electron chi connectivity index (χ3n) is 5.19. The third kappa shape index (κ3) is 3.67. The summed E-state index contributed by atoms with van der Waals surface area (Å²) in [5.41, 5.74) is 8.47. The third-order valence-corrected chi connectivity index (χ3v) is 5.19. The molecule has 0 bridgehead atoms. The second-order valence-corrected chi connectivity index (χ2v) is 6.99. The standard InChI is InChI=1S/C22H20N4O3/c23-22-24-12-18(19(25-22)14-6-2-1-3-7-14)20(27)26-11-10-15(13-26)16-8-4-5-9-17(16)21(28)29/h1-9,12,15H,10-11,13H2,(H,28,29)(H2,23,24,25)/t15-/m0/s1. The Labute approximate surface area is 167 Å². The van der Waals surface area contributed by atoms with Crippen LogP contribution in [-0.4, -0.2) is 44.9 Å². The maximum Gasteiger partial charge on any atom is 0.335 e. The summed E-state index contributed by atoms with van der Waals surface area (Å²) in [6.07, 6.45) is 2.16. The molecule has 3 N–H and O–H groups in total. The van der Waals surface area contributed by atoms with Crippen molar-refractivity contribution in [1.82, 2.24) is 14.9 Å². The fourth-order valence-electron chi connectivity index (χ4n) is 3.78. The van der Waals surface area contributed by atoms with Crippen molar-refractivity contribution >= 4 is 17.8 Å². The van der Waals surface area contributed by atoms with E-state index in [0.29, 0.717) is 30.8 Å². The molecular formula is C22H20N4O3. The smallest absolute Gasteiger partial charge is 0.335 e. The Balaban J connectivity index is 1.62. The zero-order valence-corrected chi connectivity index (χ0v) is 15.7. The van der Waals surface area contributed by atoms with Crippen LogP contribution in [0.25, 0.3) is 11.3 Å². The van der Waals surface area contributed by atoms with Crippen molar-refractivity contribution < 1.29 is 14.7 Å². The Morgan fingerprint density at radius 2 is 1.76 bits per heavy atom. The van der Waals surface area contributed by atoms with Crippen LogP contribution in [0.3, 0.4) is 0 Å². The van der Waals surface area contributed by atoms with Gasteiger partial charge in [-0.1, -0.05) is 48.5 Å². The molecule has 146 valence electrons. The van der Waals surface area contributed by atoms with Crippen LogP contribution >= 0.6 is 0 Å². The number of aromatic nitrogens is 2. The molecule has 1 aromatic heterocycles. The Kier molecular flexibility index (Phi) is 4.95. The van der Waals surface area contributed by atoms with Gasteiger partial charge >= 0.3 is 5.97 Å². The van der Waals surface area contributed by atoms with Gasteiger partial charge in [-0.05, 0) is 18.1 Å². The van der Waals surface area contributed by atoms with E-state index in [9.17, 15) is 14.7 Å². The fourth-order valence-corrected chi connectivity index (χ4v) is 3.78. The average Bonchev–Trinajstić information content (AvgIpc) is 3.24. The lowest BCUT2D eigenvalue weighted by atomic mass is 9.93. The number of nitrogen functional groups attached to an aromatic ring is 1. The minimum Gasteiger partial charge on any atom is -0.478 e. The Hall–Kier alpha value is -3.74. The molecule has 2 heterocycles. The summed E-state index contributed by atoms with van der Waals surface area (Å²) in [7, 11) is 0. The molecule has 0 aliphatic carbocycles. The van der Waals surface area contributed by atoms with Gasteiger partial charge < -0.3 is 15.7 Å². The predicted octanol–water partition coefficient (Wildman–Crippen LogP) is 3.05. The number of anilines is 1. The zero-order chi connectivity index (χ0) is 20.4. The van der Waals surface area contributed by atoms with Crippen molar-refractivity contribution in [3.8, 4) is 11.3 Å². The van der Waals surface area contributed by atoms with Crippen molar-refractivity contribution in [2.24, 2.45) is 0 Å². The molecule has 4 rings (SSSR count). The first-order valence-corrected chi connectivity index (χ1v) is 9.34. The number of benzene rings is 2. The van der Waals surface area contributed by atoms with E-state index in [0.717, 1.165) is 11.1 Å². The van der Waals surface area contributed by atoms with E-state index in [2.05, 4.69) is 9.97 Å². The Morgan fingerprint density at radius 3 is 2.52 bits per heavy atom. The molecule has 1 fully saturated rings. The molecule has 2 aromatic carbocycles. The summed E-state index contributed by atoms with van der Waals surface area (Å²) in [6.45, 7) is 0.984. The summed E-state index contributed by atoms with van der Waals surface area (Å²) in [4.78, 5) is 34.8. The van der Waals surface area contributed by atoms with E-state index >= 15 is 0 Å². The van der Waals surface area contributed by atoms with Gasteiger partial charge in [0.15, 0.2) is 0 Å². The van der Waals surface area contributed by atoms with Gasteiger partial charge in [-0.2, -0.15) is 0 Å². The summed E-state index contributed by atoms with van der Waals surface area (Å²) >= 11 is 0. The maximum absolute atomic E-state index is 13.2. The van der Waals surface area contributed by atoms with Crippen molar-refractivity contribution in [3.63, 3.8) is 0 Å². The van der Waals surface area contributed by atoms with Gasteiger partial charge in [0.1, 0.15) is 0 Å². The molecule has 1 amide bonds. The number of aromatic carboxylic acids is 1.